The van der Waals surface area contributed by atoms with E-state index < -0.39 is 0 Å². The predicted octanol–water partition coefficient (Wildman–Crippen LogP) is 2.73. The molecule has 17 heavy (non-hydrogen) atoms. The molecule has 1 aliphatic rings. The van der Waals surface area contributed by atoms with E-state index in [2.05, 4.69) is 31.2 Å². The second-order valence-corrected chi connectivity index (χ2v) is 5.12. The first-order valence-corrected chi connectivity index (χ1v) is 6.61. The van der Waals surface area contributed by atoms with Crippen LogP contribution >= 0.6 is 15.9 Å². The molecule has 0 saturated heterocycles. The molecule has 5 nitrogen and oxygen atoms in total. The lowest BCUT2D eigenvalue weighted by Crippen LogP contribution is -2.00. The van der Waals surface area contributed by atoms with Crippen molar-refractivity contribution in [2.45, 2.75) is 38.1 Å². The van der Waals surface area contributed by atoms with Crippen molar-refractivity contribution in [3.63, 3.8) is 0 Å². The van der Waals surface area contributed by atoms with Crippen molar-refractivity contribution in [3.05, 3.63) is 28.6 Å². The number of hydrogen-bond donors (Lipinski definition) is 0. The van der Waals surface area contributed by atoms with E-state index >= 15 is 0 Å². The van der Waals surface area contributed by atoms with E-state index in [-0.39, 0.29) is 0 Å². The summed E-state index contributed by atoms with van der Waals surface area (Å²) in [5, 5.41) is 8.24. The fraction of sp³-hybridized carbons (Fsp3) is 0.545. The monoisotopic (exact) mass is 296 g/mol. The Bertz CT molecular complexity index is 501. The molecule has 3 rings (SSSR count). The van der Waals surface area contributed by atoms with E-state index in [1.165, 1.54) is 25.7 Å². The molecule has 0 unspecified atom stereocenters. The average Bonchev–Trinajstić information content (AvgIpc) is 3.00. The van der Waals surface area contributed by atoms with E-state index in [9.17, 15) is 0 Å². The van der Waals surface area contributed by atoms with Crippen molar-refractivity contribution in [1.29, 1.82) is 0 Å². The van der Waals surface area contributed by atoms with Crippen molar-refractivity contribution in [2.75, 3.05) is 0 Å². The molecule has 0 amide bonds. The molecule has 1 aliphatic carbocycles. The molecule has 2 aromatic heterocycles. The third-order valence-electron chi connectivity index (χ3n) is 3.17. The van der Waals surface area contributed by atoms with Crippen LogP contribution in [-0.2, 0) is 6.54 Å². The maximum atomic E-state index is 5.40. The van der Waals surface area contributed by atoms with Gasteiger partial charge in [-0.05, 0) is 28.8 Å². The van der Waals surface area contributed by atoms with Crippen LogP contribution in [0.2, 0.25) is 0 Å². The molecular formula is C11H13BrN4O. The quantitative estimate of drug-likeness (QED) is 0.874. The van der Waals surface area contributed by atoms with Crippen molar-refractivity contribution in [2.24, 2.45) is 0 Å². The zero-order chi connectivity index (χ0) is 11.7. The van der Waals surface area contributed by atoms with Crippen LogP contribution in [0.3, 0.4) is 0 Å². The standard InChI is InChI=1S/C11H13BrN4O/c12-11-13-7-16(14-11)6-9-5-10(17-15-9)8-3-1-2-4-8/h5,7-8H,1-4,6H2. The van der Waals surface area contributed by atoms with Gasteiger partial charge in [0.2, 0.25) is 4.73 Å². The van der Waals surface area contributed by atoms with E-state index in [1.807, 2.05) is 6.07 Å². The van der Waals surface area contributed by atoms with Gasteiger partial charge in [-0.1, -0.05) is 18.0 Å². The molecule has 0 aliphatic heterocycles. The van der Waals surface area contributed by atoms with E-state index in [0.717, 1.165) is 11.5 Å². The highest BCUT2D eigenvalue weighted by atomic mass is 79.9. The van der Waals surface area contributed by atoms with Crippen LogP contribution in [-0.4, -0.2) is 19.9 Å². The number of nitrogens with zero attached hydrogens (tertiary/aromatic N) is 4. The Morgan fingerprint density at radius 2 is 2.24 bits per heavy atom. The SMILES string of the molecule is Brc1ncn(Cc2cc(C3CCCC3)on2)n1. The normalized spacial score (nSPS) is 16.8. The summed E-state index contributed by atoms with van der Waals surface area (Å²) >= 11 is 3.22. The van der Waals surface area contributed by atoms with Gasteiger partial charge in [0.15, 0.2) is 0 Å². The summed E-state index contributed by atoms with van der Waals surface area (Å²) < 4.78 is 7.74. The minimum Gasteiger partial charge on any atom is -0.361 e. The molecular weight excluding hydrogens is 284 g/mol. The molecule has 0 N–H and O–H groups in total. The smallest absolute Gasteiger partial charge is 0.217 e. The van der Waals surface area contributed by atoms with Gasteiger partial charge in [0.1, 0.15) is 17.8 Å². The summed E-state index contributed by atoms with van der Waals surface area (Å²) in [6, 6.07) is 2.05. The summed E-state index contributed by atoms with van der Waals surface area (Å²) in [6.45, 7) is 0.606. The Morgan fingerprint density at radius 3 is 2.94 bits per heavy atom. The molecule has 0 atom stereocenters. The maximum Gasteiger partial charge on any atom is 0.217 e. The molecule has 1 fully saturated rings. The van der Waals surface area contributed by atoms with Crippen LogP contribution in [0.15, 0.2) is 21.7 Å². The molecule has 1 saturated carbocycles. The minimum atomic E-state index is 0.568. The number of hydrogen-bond acceptors (Lipinski definition) is 4. The van der Waals surface area contributed by atoms with Crippen LogP contribution in [0, 0.1) is 0 Å². The first-order valence-electron chi connectivity index (χ1n) is 5.82. The van der Waals surface area contributed by atoms with Crippen LogP contribution in [0.5, 0.6) is 0 Å². The average molecular weight is 297 g/mol. The van der Waals surface area contributed by atoms with Crippen LogP contribution < -0.4 is 0 Å². The lowest BCUT2D eigenvalue weighted by Gasteiger charge is -2.00. The fourth-order valence-electron chi connectivity index (χ4n) is 2.32. The molecule has 0 spiro atoms. The maximum absolute atomic E-state index is 5.40. The van der Waals surface area contributed by atoms with Gasteiger partial charge in [0.25, 0.3) is 0 Å². The van der Waals surface area contributed by atoms with Gasteiger partial charge in [-0.25, -0.2) is 9.67 Å². The van der Waals surface area contributed by atoms with Gasteiger partial charge in [-0.15, -0.1) is 5.10 Å². The van der Waals surface area contributed by atoms with Gasteiger partial charge >= 0.3 is 0 Å². The zero-order valence-electron chi connectivity index (χ0n) is 9.34. The van der Waals surface area contributed by atoms with Crippen molar-refractivity contribution in [3.8, 4) is 0 Å². The Balaban J connectivity index is 1.71. The summed E-state index contributed by atoms with van der Waals surface area (Å²) in [5.74, 6) is 1.59. The number of aromatic nitrogens is 4. The molecule has 90 valence electrons. The highest BCUT2D eigenvalue weighted by Crippen LogP contribution is 2.34. The molecule has 0 aromatic carbocycles. The Morgan fingerprint density at radius 1 is 1.41 bits per heavy atom. The predicted molar refractivity (Wildman–Crippen MR) is 64.5 cm³/mol. The van der Waals surface area contributed by atoms with Gasteiger partial charge in [0.05, 0.1) is 6.54 Å². The minimum absolute atomic E-state index is 0.568. The van der Waals surface area contributed by atoms with Gasteiger partial charge in [0, 0.05) is 12.0 Å². The van der Waals surface area contributed by atoms with Gasteiger partial charge in [-0.2, -0.15) is 0 Å². The Labute approximate surface area is 107 Å². The van der Waals surface area contributed by atoms with E-state index in [1.54, 1.807) is 11.0 Å². The first kappa shape index (κ1) is 11.0. The van der Waals surface area contributed by atoms with Gasteiger partial charge < -0.3 is 4.52 Å². The zero-order valence-corrected chi connectivity index (χ0v) is 10.9. The molecule has 2 heterocycles. The number of halogens is 1. The van der Waals surface area contributed by atoms with Crippen molar-refractivity contribution in [1.82, 2.24) is 19.9 Å². The Hall–Kier alpha value is -1.17. The molecule has 0 radical (unpaired) electrons. The summed E-state index contributed by atoms with van der Waals surface area (Å²) in [5.41, 5.74) is 0.907. The second-order valence-electron chi connectivity index (χ2n) is 4.41. The fourth-order valence-corrected chi connectivity index (χ4v) is 2.61. The van der Waals surface area contributed by atoms with Crippen molar-refractivity contribution >= 4 is 15.9 Å². The molecule has 0 bridgehead atoms. The van der Waals surface area contributed by atoms with E-state index in [0.29, 0.717) is 17.2 Å². The van der Waals surface area contributed by atoms with Crippen LogP contribution in [0.25, 0.3) is 0 Å². The lowest BCUT2D eigenvalue weighted by molar-refractivity contribution is 0.354. The van der Waals surface area contributed by atoms with Crippen LogP contribution in [0.4, 0.5) is 0 Å². The Kier molecular flexibility index (Phi) is 2.96. The first-order chi connectivity index (χ1) is 8.31. The topological polar surface area (TPSA) is 56.7 Å². The highest BCUT2D eigenvalue weighted by Gasteiger charge is 2.21. The highest BCUT2D eigenvalue weighted by molar-refractivity contribution is 9.10. The third-order valence-corrected chi connectivity index (χ3v) is 3.53. The third kappa shape index (κ3) is 2.41. The molecule has 6 heteroatoms. The molecule has 2 aromatic rings. The summed E-state index contributed by atoms with van der Waals surface area (Å²) in [7, 11) is 0. The number of rotatable bonds is 3. The van der Waals surface area contributed by atoms with Crippen molar-refractivity contribution < 1.29 is 4.52 Å². The van der Waals surface area contributed by atoms with Crippen LogP contribution in [0.1, 0.15) is 43.1 Å². The summed E-state index contributed by atoms with van der Waals surface area (Å²) in [6.07, 6.45) is 6.73. The lowest BCUT2D eigenvalue weighted by atomic mass is 10.1. The van der Waals surface area contributed by atoms with E-state index in [4.69, 9.17) is 4.52 Å². The summed E-state index contributed by atoms with van der Waals surface area (Å²) in [4.78, 5) is 4.01. The van der Waals surface area contributed by atoms with Gasteiger partial charge in [-0.3, -0.25) is 0 Å². The largest absolute Gasteiger partial charge is 0.361 e. The second kappa shape index (κ2) is 4.60.